The summed E-state index contributed by atoms with van der Waals surface area (Å²) in [6, 6.07) is 4.50. The van der Waals surface area contributed by atoms with Crippen LogP contribution < -0.4 is 4.90 Å². The molecule has 0 aliphatic carbocycles. The first kappa shape index (κ1) is 31.7. The van der Waals surface area contributed by atoms with Crippen molar-refractivity contribution in [2.75, 3.05) is 31.2 Å². The van der Waals surface area contributed by atoms with Gasteiger partial charge < -0.3 is 24.4 Å². The summed E-state index contributed by atoms with van der Waals surface area (Å²) in [5.41, 5.74) is 0.199. The normalized spacial score (nSPS) is 28.0. The van der Waals surface area contributed by atoms with Crippen LogP contribution in [-0.2, 0) is 23.9 Å². The molecule has 2 bridgehead atoms. The van der Waals surface area contributed by atoms with E-state index in [-0.39, 0.29) is 36.4 Å². The van der Waals surface area contributed by atoms with E-state index in [0.29, 0.717) is 49.4 Å². The van der Waals surface area contributed by atoms with Crippen LogP contribution in [-0.4, -0.2) is 76.7 Å². The molecule has 0 radical (unpaired) electrons. The SMILES string of the molecule is C=CCCCOC(=O)[C@H]1[C@H]2C(=O)N(CCCCCCO)C(C(=O)N(CC=C)c3c(C)cccc3Cl)C23CC(Br)[C@@H]1O3. The molecule has 6 atom stereocenters. The molecule has 1 spiro atoms. The molecule has 224 valence electrons. The smallest absolute Gasteiger partial charge is 0.312 e. The molecular weight excluding hydrogens is 612 g/mol. The third kappa shape index (κ3) is 6.01. The number of hydrogen-bond donors (Lipinski definition) is 1. The average molecular weight is 652 g/mol. The maximum Gasteiger partial charge on any atom is 0.312 e. The van der Waals surface area contributed by atoms with Crippen molar-refractivity contribution in [1.82, 2.24) is 4.90 Å². The topological polar surface area (TPSA) is 96.4 Å². The molecule has 3 unspecified atom stereocenters. The molecular formula is C31H40BrClN2O6. The van der Waals surface area contributed by atoms with Crippen LogP contribution in [0.1, 0.15) is 50.5 Å². The van der Waals surface area contributed by atoms with Gasteiger partial charge in [0, 0.05) is 24.5 Å². The van der Waals surface area contributed by atoms with Gasteiger partial charge in [-0.1, -0.05) is 64.7 Å². The average Bonchev–Trinajstić information content (AvgIpc) is 3.53. The highest BCUT2D eigenvalue weighted by Crippen LogP contribution is 2.60. The van der Waals surface area contributed by atoms with Crippen LogP contribution in [0.25, 0.3) is 0 Å². The molecule has 4 rings (SSSR count). The van der Waals surface area contributed by atoms with Crippen LogP contribution in [0.3, 0.4) is 0 Å². The molecule has 3 aliphatic heterocycles. The van der Waals surface area contributed by atoms with Gasteiger partial charge >= 0.3 is 5.97 Å². The quantitative estimate of drug-likeness (QED) is 0.124. The number of anilines is 1. The van der Waals surface area contributed by atoms with Crippen LogP contribution in [0, 0.1) is 18.8 Å². The predicted octanol–water partition coefficient (Wildman–Crippen LogP) is 4.98. The second kappa shape index (κ2) is 13.8. The van der Waals surface area contributed by atoms with Crippen molar-refractivity contribution in [2.24, 2.45) is 11.8 Å². The van der Waals surface area contributed by atoms with Gasteiger partial charge in [0.05, 0.1) is 35.3 Å². The second-order valence-electron chi connectivity index (χ2n) is 11.1. The molecule has 2 amide bonds. The van der Waals surface area contributed by atoms with E-state index in [0.717, 1.165) is 18.4 Å². The van der Waals surface area contributed by atoms with Gasteiger partial charge in [0.1, 0.15) is 11.6 Å². The predicted molar refractivity (Wildman–Crippen MR) is 162 cm³/mol. The Hall–Kier alpha value is -2.20. The van der Waals surface area contributed by atoms with Crippen LogP contribution in [0.15, 0.2) is 43.5 Å². The van der Waals surface area contributed by atoms with Gasteiger partial charge in [0.15, 0.2) is 0 Å². The number of esters is 1. The van der Waals surface area contributed by atoms with E-state index in [1.807, 2.05) is 19.1 Å². The number of aliphatic hydroxyl groups excluding tert-OH is 1. The number of halogens is 2. The molecule has 1 N–H and O–H groups in total. The van der Waals surface area contributed by atoms with Gasteiger partial charge in [0.25, 0.3) is 5.91 Å². The van der Waals surface area contributed by atoms with Crippen molar-refractivity contribution in [3.8, 4) is 0 Å². The fourth-order valence-corrected chi connectivity index (χ4v) is 7.96. The maximum atomic E-state index is 14.7. The number of rotatable bonds is 15. The van der Waals surface area contributed by atoms with E-state index in [1.165, 1.54) is 0 Å². The number of unbranched alkanes of at least 4 members (excludes halogenated alkanes) is 4. The Morgan fingerprint density at radius 2 is 2.00 bits per heavy atom. The molecule has 10 heteroatoms. The highest BCUT2D eigenvalue weighted by Gasteiger charge is 2.77. The largest absolute Gasteiger partial charge is 0.465 e. The molecule has 3 heterocycles. The second-order valence-corrected chi connectivity index (χ2v) is 12.7. The summed E-state index contributed by atoms with van der Waals surface area (Å²) in [5, 5.41) is 9.59. The van der Waals surface area contributed by atoms with E-state index < -0.39 is 35.6 Å². The van der Waals surface area contributed by atoms with Crippen molar-refractivity contribution < 1.29 is 29.0 Å². The molecule has 1 aromatic carbocycles. The van der Waals surface area contributed by atoms with E-state index in [9.17, 15) is 19.5 Å². The van der Waals surface area contributed by atoms with Gasteiger partial charge in [0.2, 0.25) is 5.91 Å². The van der Waals surface area contributed by atoms with Crippen LogP contribution >= 0.6 is 27.5 Å². The Labute approximate surface area is 255 Å². The minimum atomic E-state index is -1.18. The molecule has 3 saturated heterocycles. The fourth-order valence-electron chi connectivity index (χ4n) is 6.70. The maximum absolute atomic E-state index is 14.7. The van der Waals surface area contributed by atoms with E-state index in [4.69, 9.17) is 21.1 Å². The van der Waals surface area contributed by atoms with Crippen molar-refractivity contribution in [2.45, 2.75) is 74.4 Å². The minimum Gasteiger partial charge on any atom is -0.465 e. The monoisotopic (exact) mass is 650 g/mol. The molecule has 8 nitrogen and oxygen atoms in total. The Morgan fingerprint density at radius 3 is 2.68 bits per heavy atom. The molecule has 0 aromatic heterocycles. The van der Waals surface area contributed by atoms with Crippen molar-refractivity contribution in [3.05, 3.63) is 54.1 Å². The summed E-state index contributed by atoms with van der Waals surface area (Å²) < 4.78 is 12.2. The zero-order valence-electron chi connectivity index (χ0n) is 23.6. The summed E-state index contributed by atoms with van der Waals surface area (Å²) in [5.74, 6) is -2.67. The Balaban J connectivity index is 1.72. The standard InChI is InChI=1S/C31H40BrClN2O6/c1-4-6-11-18-40-30(39)23-24-28(37)35(16-9-7-8-10-17-36)27(31(24)19-21(32)26(23)41-31)29(38)34(15-5-2)25-20(3)13-12-14-22(25)33/h4-5,12-14,21,23-24,26-27,36H,1-2,6-11,15-19H2,3H3/t21?,23-,24-,26-,27?,31?/m0/s1. The number of aliphatic hydroxyl groups is 1. The number of likely N-dealkylation sites (tertiary alicyclic amines) is 1. The first-order chi connectivity index (χ1) is 19.7. The van der Waals surface area contributed by atoms with E-state index in [1.54, 1.807) is 28.0 Å². The van der Waals surface area contributed by atoms with Crippen LogP contribution in [0.5, 0.6) is 0 Å². The lowest BCUT2D eigenvalue weighted by Gasteiger charge is -2.37. The summed E-state index contributed by atoms with van der Waals surface area (Å²) in [6.07, 6.45) is 7.54. The molecule has 3 aliphatic rings. The number of hydrogen-bond acceptors (Lipinski definition) is 6. The van der Waals surface area contributed by atoms with Crippen LogP contribution in [0.2, 0.25) is 5.02 Å². The number of aryl methyl sites for hydroxylation is 1. The first-order valence-corrected chi connectivity index (χ1v) is 15.7. The highest BCUT2D eigenvalue weighted by molar-refractivity contribution is 9.09. The van der Waals surface area contributed by atoms with Crippen molar-refractivity contribution >= 4 is 51.0 Å². The number of benzene rings is 1. The van der Waals surface area contributed by atoms with Gasteiger partial charge in [-0.2, -0.15) is 0 Å². The number of nitrogens with zero attached hydrogens (tertiary/aromatic N) is 2. The number of fused-ring (bicyclic) bond motifs is 1. The number of para-hydroxylation sites is 1. The number of allylic oxidation sites excluding steroid dienone is 1. The lowest BCUT2D eigenvalue weighted by atomic mass is 9.70. The molecule has 3 fully saturated rings. The third-order valence-corrected chi connectivity index (χ3v) is 9.59. The number of ether oxygens (including phenoxy) is 2. The first-order valence-electron chi connectivity index (χ1n) is 14.4. The number of alkyl halides is 1. The zero-order chi connectivity index (χ0) is 29.7. The third-order valence-electron chi connectivity index (χ3n) is 8.44. The van der Waals surface area contributed by atoms with E-state index in [2.05, 4.69) is 29.1 Å². The van der Waals surface area contributed by atoms with Crippen molar-refractivity contribution in [3.63, 3.8) is 0 Å². The zero-order valence-corrected chi connectivity index (χ0v) is 25.9. The van der Waals surface area contributed by atoms with Gasteiger partial charge in [-0.25, -0.2) is 0 Å². The van der Waals surface area contributed by atoms with Gasteiger partial charge in [-0.15, -0.1) is 13.2 Å². The fraction of sp³-hybridized carbons (Fsp3) is 0.581. The highest BCUT2D eigenvalue weighted by atomic mass is 79.9. The molecule has 0 saturated carbocycles. The van der Waals surface area contributed by atoms with Gasteiger partial charge in [-0.3, -0.25) is 14.4 Å². The Kier molecular flexibility index (Phi) is 10.7. The molecule has 41 heavy (non-hydrogen) atoms. The summed E-state index contributed by atoms with van der Waals surface area (Å²) in [4.78, 5) is 45.3. The number of carbonyl (C=O) groups excluding carboxylic acids is 3. The summed E-state index contributed by atoms with van der Waals surface area (Å²) >= 11 is 10.3. The lowest BCUT2D eigenvalue weighted by molar-refractivity contribution is -0.155. The number of carbonyl (C=O) groups is 3. The van der Waals surface area contributed by atoms with Gasteiger partial charge in [-0.05, 0) is 50.7 Å². The number of amides is 2. The Bertz CT molecular complexity index is 1140. The molecule has 1 aromatic rings. The Morgan fingerprint density at radius 1 is 1.24 bits per heavy atom. The van der Waals surface area contributed by atoms with E-state index >= 15 is 0 Å². The van der Waals surface area contributed by atoms with Crippen molar-refractivity contribution in [1.29, 1.82) is 0 Å². The summed E-state index contributed by atoms with van der Waals surface area (Å²) in [7, 11) is 0. The lowest BCUT2D eigenvalue weighted by Crippen LogP contribution is -2.57. The summed E-state index contributed by atoms with van der Waals surface area (Å²) in [6.45, 7) is 10.3. The minimum absolute atomic E-state index is 0.112. The van der Waals surface area contributed by atoms with Crippen LogP contribution in [0.4, 0.5) is 5.69 Å².